The van der Waals surface area contributed by atoms with E-state index in [0.29, 0.717) is 12.1 Å². The van der Waals surface area contributed by atoms with Crippen LogP contribution in [0, 0.1) is 0 Å². The van der Waals surface area contributed by atoms with Crippen molar-refractivity contribution < 1.29 is 9.90 Å². The summed E-state index contributed by atoms with van der Waals surface area (Å²) in [5, 5.41) is 14.2. The Hall–Kier alpha value is -3.15. The van der Waals surface area contributed by atoms with Gasteiger partial charge in [0.25, 0.3) is 0 Å². The number of aryl methyl sites for hydroxylation is 1. The molecule has 1 aliphatic rings. The highest BCUT2D eigenvalue weighted by Gasteiger charge is 2.22. The van der Waals surface area contributed by atoms with E-state index >= 15 is 0 Å². The minimum atomic E-state index is -0.939. The van der Waals surface area contributed by atoms with Crippen LogP contribution in [0.3, 0.4) is 0 Å². The van der Waals surface area contributed by atoms with Crippen LogP contribution in [0.15, 0.2) is 53.3 Å². The van der Waals surface area contributed by atoms with Crippen LogP contribution in [-0.4, -0.2) is 25.4 Å². The lowest BCUT2D eigenvalue weighted by Crippen LogP contribution is -2.29. The van der Waals surface area contributed by atoms with Crippen molar-refractivity contribution in [1.29, 1.82) is 0 Å². The van der Waals surface area contributed by atoms with Crippen molar-refractivity contribution in [3.05, 3.63) is 76.0 Å². The Morgan fingerprint density at radius 1 is 1.06 bits per heavy atom. The molecule has 1 aromatic heterocycles. The molecule has 0 amide bonds. The van der Waals surface area contributed by atoms with E-state index in [1.807, 2.05) is 36.4 Å². The van der Waals surface area contributed by atoms with E-state index < -0.39 is 5.97 Å². The summed E-state index contributed by atoms with van der Waals surface area (Å²) >= 11 is 0. The second kappa shape index (κ2) is 9.33. The average molecular weight is 420 g/mol. The molecule has 162 valence electrons. The molecule has 1 saturated carbocycles. The molecule has 1 aliphatic carbocycles. The van der Waals surface area contributed by atoms with Crippen molar-refractivity contribution >= 4 is 5.97 Å². The van der Waals surface area contributed by atoms with E-state index in [-0.39, 0.29) is 17.3 Å². The zero-order valence-corrected chi connectivity index (χ0v) is 18.0. The molecule has 3 aromatic rings. The largest absolute Gasteiger partial charge is 0.478 e. The minimum Gasteiger partial charge on any atom is -0.478 e. The summed E-state index contributed by atoms with van der Waals surface area (Å²) in [6.07, 6.45) is 7.33. The molecule has 0 bridgehead atoms. The van der Waals surface area contributed by atoms with Gasteiger partial charge in [-0.3, -0.25) is 4.57 Å². The third kappa shape index (κ3) is 4.48. The number of aromatic nitrogens is 3. The van der Waals surface area contributed by atoms with Gasteiger partial charge in [0.1, 0.15) is 5.82 Å². The molecule has 2 aromatic carbocycles. The monoisotopic (exact) mass is 419 g/mol. The molecule has 1 fully saturated rings. The van der Waals surface area contributed by atoms with Crippen LogP contribution in [0.5, 0.6) is 0 Å². The molecule has 1 heterocycles. The third-order valence-electron chi connectivity index (χ3n) is 6.12. The molecule has 0 aliphatic heterocycles. The molecule has 6 heteroatoms. The lowest BCUT2D eigenvalue weighted by Gasteiger charge is -2.20. The standard InChI is InChI=1S/C25H29N3O3/c1-2-8-23-26-28(20-9-4-3-5-10-20)25(31)27(23)17-18-13-15-19(16-14-18)21-11-6-7-12-22(21)24(29)30/h6-7,11-16,20H,2-5,8-10,17H2,1H3,(H,29,30). The molecule has 0 atom stereocenters. The maximum Gasteiger partial charge on any atom is 0.346 e. The van der Waals surface area contributed by atoms with Crippen LogP contribution in [0.2, 0.25) is 0 Å². The zero-order valence-electron chi connectivity index (χ0n) is 18.0. The lowest BCUT2D eigenvalue weighted by atomic mass is 9.96. The summed E-state index contributed by atoms with van der Waals surface area (Å²) in [7, 11) is 0. The smallest absolute Gasteiger partial charge is 0.346 e. The first kappa shape index (κ1) is 21.1. The number of benzene rings is 2. The van der Waals surface area contributed by atoms with Crippen molar-refractivity contribution in [2.75, 3.05) is 0 Å². The van der Waals surface area contributed by atoms with Crippen LogP contribution in [0.1, 0.15) is 73.2 Å². The van der Waals surface area contributed by atoms with Crippen LogP contribution in [0.25, 0.3) is 11.1 Å². The summed E-state index contributed by atoms with van der Waals surface area (Å²) in [5.41, 5.74) is 2.80. The molecule has 0 spiro atoms. The molecule has 0 radical (unpaired) electrons. The third-order valence-corrected chi connectivity index (χ3v) is 6.12. The maximum atomic E-state index is 13.2. The summed E-state index contributed by atoms with van der Waals surface area (Å²) in [6.45, 7) is 2.57. The number of hydrogen-bond acceptors (Lipinski definition) is 3. The van der Waals surface area contributed by atoms with E-state index in [1.54, 1.807) is 21.4 Å². The van der Waals surface area contributed by atoms with E-state index in [9.17, 15) is 14.7 Å². The molecule has 4 rings (SSSR count). The average Bonchev–Trinajstić information content (AvgIpc) is 3.10. The molecule has 0 unspecified atom stereocenters. The lowest BCUT2D eigenvalue weighted by molar-refractivity contribution is 0.0697. The predicted octanol–water partition coefficient (Wildman–Crippen LogP) is 4.92. The second-order valence-electron chi connectivity index (χ2n) is 8.32. The molecule has 0 saturated heterocycles. The second-order valence-corrected chi connectivity index (χ2v) is 8.32. The highest BCUT2D eigenvalue weighted by atomic mass is 16.4. The Bertz CT molecular complexity index is 1110. The summed E-state index contributed by atoms with van der Waals surface area (Å²) in [5.74, 6) is -0.0936. The van der Waals surface area contributed by atoms with Gasteiger partial charge in [-0.1, -0.05) is 68.7 Å². The number of nitrogens with zero attached hydrogens (tertiary/aromatic N) is 3. The quantitative estimate of drug-likeness (QED) is 0.590. The van der Waals surface area contributed by atoms with Crippen LogP contribution >= 0.6 is 0 Å². The molecule has 6 nitrogen and oxygen atoms in total. The van der Waals surface area contributed by atoms with Crippen LogP contribution < -0.4 is 5.69 Å². The first-order valence-electron chi connectivity index (χ1n) is 11.2. The summed E-state index contributed by atoms with van der Waals surface area (Å²) < 4.78 is 3.53. The zero-order chi connectivity index (χ0) is 21.8. The summed E-state index contributed by atoms with van der Waals surface area (Å²) in [4.78, 5) is 24.7. The number of carboxylic acids is 1. The molecular formula is C25H29N3O3. The Balaban J connectivity index is 1.61. The fourth-order valence-electron chi connectivity index (χ4n) is 4.48. The number of carboxylic acid groups (broad SMARTS) is 1. The van der Waals surface area contributed by atoms with E-state index in [4.69, 9.17) is 5.10 Å². The first-order chi connectivity index (χ1) is 15.1. The van der Waals surface area contributed by atoms with Crippen molar-refractivity contribution in [2.24, 2.45) is 0 Å². The first-order valence-corrected chi connectivity index (χ1v) is 11.2. The van der Waals surface area contributed by atoms with Gasteiger partial charge in [-0.2, -0.15) is 5.10 Å². The van der Waals surface area contributed by atoms with Gasteiger partial charge in [-0.25, -0.2) is 14.3 Å². The van der Waals surface area contributed by atoms with Gasteiger partial charge >= 0.3 is 11.7 Å². The fourth-order valence-corrected chi connectivity index (χ4v) is 4.48. The molecular weight excluding hydrogens is 390 g/mol. The maximum absolute atomic E-state index is 13.2. The van der Waals surface area contributed by atoms with Crippen molar-refractivity contribution in [3.63, 3.8) is 0 Å². The van der Waals surface area contributed by atoms with Gasteiger partial charge < -0.3 is 5.11 Å². The van der Waals surface area contributed by atoms with Gasteiger partial charge in [0, 0.05) is 6.42 Å². The van der Waals surface area contributed by atoms with E-state index in [1.165, 1.54) is 6.42 Å². The van der Waals surface area contributed by atoms with Gasteiger partial charge in [0.05, 0.1) is 18.2 Å². The number of carbonyl (C=O) groups is 1. The number of rotatable bonds is 7. The van der Waals surface area contributed by atoms with Crippen molar-refractivity contribution in [3.8, 4) is 11.1 Å². The number of aromatic carboxylic acids is 1. The number of hydrogen-bond donors (Lipinski definition) is 1. The van der Waals surface area contributed by atoms with E-state index in [0.717, 1.165) is 55.5 Å². The molecule has 1 N–H and O–H groups in total. The van der Waals surface area contributed by atoms with Crippen LogP contribution in [-0.2, 0) is 13.0 Å². The Kier molecular flexibility index (Phi) is 6.35. The topological polar surface area (TPSA) is 77.1 Å². The van der Waals surface area contributed by atoms with Crippen molar-refractivity contribution in [1.82, 2.24) is 14.3 Å². The van der Waals surface area contributed by atoms with Gasteiger partial charge in [-0.15, -0.1) is 0 Å². The predicted molar refractivity (Wildman–Crippen MR) is 121 cm³/mol. The van der Waals surface area contributed by atoms with Gasteiger partial charge in [-0.05, 0) is 42.0 Å². The van der Waals surface area contributed by atoms with Gasteiger partial charge in [0.15, 0.2) is 0 Å². The minimum absolute atomic E-state index is 0.0179. The van der Waals surface area contributed by atoms with Crippen LogP contribution in [0.4, 0.5) is 0 Å². The Morgan fingerprint density at radius 2 is 1.77 bits per heavy atom. The SMILES string of the molecule is CCCc1nn(C2CCCCC2)c(=O)n1Cc1ccc(-c2ccccc2C(=O)O)cc1. The highest BCUT2D eigenvalue weighted by Crippen LogP contribution is 2.27. The Labute approximate surface area is 182 Å². The summed E-state index contributed by atoms with van der Waals surface area (Å²) in [6, 6.07) is 15.0. The fraction of sp³-hybridized carbons (Fsp3) is 0.400. The Morgan fingerprint density at radius 3 is 2.45 bits per heavy atom. The van der Waals surface area contributed by atoms with E-state index in [2.05, 4.69) is 6.92 Å². The molecule has 31 heavy (non-hydrogen) atoms. The normalized spacial score (nSPS) is 14.6. The van der Waals surface area contributed by atoms with Crippen molar-refractivity contribution in [2.45, 2.75) is 64.5 Å². The highest BCUT2D eigenvalue weighted by molar-refractivity contribution is 5.95. The van der Waals surface area contributed by atoms with Gasteiger partial charge in [0.2, 0.25) is 0 Å².